The molecule has 0 saturated heterocycles. The topological polar surface area (TPSA) is 386 Å². The van der Waals surface area contributed by atoms with Gasteiger partial charge in [-0.1, -0.05) is 127 Å². The minimum Gasteiger partial charge on any atom is -0.380 e. The number of ketones is 1. The number of halogens is 4. The van der Waals surface area contributed by atoms with Crippen LogP contribution in [0.5, 0.6) is 0 Å². The summed E-state index contributed by atoms with van der Waals surface area (Å²) in [6.45, 7) is 67.9. The second-order valence-corrected chi connectivity index (χ2v) is 43.9. The van der Waals surface area contributed by atoms with Crippen LogP contribution in [0.4, 0.5) is 17.6 Å². The number of carbonyl (C=O) groups is 13. The van der Waals surface area contributed by atoms with E-state index in [1.807, 2.05) is 173 Å². The maximum atomic E-state index is 13.7. The van der Waals surface area contributed by atoms with E-state index < -0.39 is 41.1 Å². The molecule has 12 amide bonds. The van der Waals surface area contributed by atoms with Gasteiger partial charge in [0, 0.05) is 140 Å². The first kappa shape index (κ1) is 134. The number of nitrogens with one attached hydrogen (secondary N) is 12. The molecule has 0 aromatic rings. The van der Waals surface area contributed by atoms with E-state index >= 15 is 0 Å². The Labute approximate surface area is 804 Å². The number of aliphatic hydroxyl groups is 1. The van der Waals surface area contributed by atoms with E-state index in [-0.39, 0.29) is 118 Å². The summed E-state index contributed by atoms with van der Waals surface area (Å²) >= 11 is 0. The molecule has 0 aromatic carbocycles. The van der Waals surface area contributed by atoms with Gasteiger partial charge in [-0.3, -0.25) is 62.3 Å². The monoisotopic (exact) mass is 1900 g/mol. The first-order valence-electron chi connectivity index (χ1n) is 50.4. The highest BCUT2D eigenvalue weighted by Gasteiger charge is 2.48. The zero-order chi connectivity index (χ0) is 104. The molecule has 0 aromatic heterocycles. The fourth-order valence-electron chi connectivity index (χ4n) is 12.8. The van der Waals surface area contributed by atoms with Crippen molar-refractivity contribution in [1.29, 1.82) is 0 Å². The standard InChI is InChI=1S/C10H18O.C9H16FNO.3C9H17NO.C9H19NO.C8H15NO.C8H17NO.C7H13NO2.C7H13NO.C6H11F2NO.C6H12FNO.C6H13NO/c1-8(2)6-10(11)7-9-4-3-5-9;1-7(2)11-8(12)9(10)5-3-4-6-9;1-7(2)10-8(11)9(3)5-4-6-9;2*1-7(2)10-9(11)8-5-3-4-6-8;1-7(2)10-8(11)6-9(3,4)5;1-6(2)9-8(10)7-4-3-5-7;1-6(2)9-7(10)8(3,4)5;1-5(2)8-6(9)7(10)3-4-7;1-5(2)8-7(9)6-3-4-6;1-4(2)9-5(10)6(3,7)8;1-4(2)8-6(9)5(3)7;1-4-6(8)7-5(2)3/h8-9H,3-7H2,1-2H3;7H,3-6H2,1-2H3,(H,11,12);7H,4-6H2,1-3H3,(H,10,11);2*7-8H,3-6H2,1-2H3,(H,10,11);7H,6H2,1-5H3,(H,10,11);6-7H,3-5H2,1-2H3,(H,9,10);6H,1-5H3,(H,9,10);5,10H,3-4H2,1-2H3,(H,8,9);5-6H,3-4H2,1-2H3,(H,8,9);4H,1-3H3,(H,9,10);4-5H,1-3H3,(H,8,9);5H,4H2,1-3H3,(H,7,8). The summed E-state index contributed by atoms with van der Waals surface area (Å²) in [6, 6.07) is 2.19. The van der Waals surface area contributed by atoms with Crippen LogP contribution in [-0.4, -0.2) is 178 Å². The van der Waals surface area contributed by atoms with Crippen molar-refractivity contribution >= 4 is 76.7 Å². The first-order chi connectivity index (χ1) is 60.8. The Morgan fingerprint density at radius 1 is 0.346 bits per heavy atom. The Morgan fingerprint density at radius 3 is 0.857 bits per heavy atom. The molecule has 8 aliphatic carbocycles. The van der Waals surface area contributed by atoms with Gasteiger partial charge >= 0.3 is 5.92 Å². The molecule has 0 bridgehead atoms. The van der Waals surface area contributed by atoms with Gasteiger partial charge in [0.2, 0.25) is 47.3 Å². The molecule has 0 radical (unpaired) electrons. The van der Waals surface area contributed by atoms with E-state index in [0.29, 0.717) is 105 Å². The van der Waals surface area contributed by atoms with Gasteiger partial charge in [0.05, 0.1) is 0 Å². The molecule has 0 heterocycles. The van der Waals surface area contributed by atoms with Crippen molar-refractivity contribution in [2.45, 2.75) is 531 Å². The highest BCUT2D eigenvalue weighted by atomic mass is 19.3. The number of rotatable bonds is 27. The van der Waals surface area contributed by atoms with Crippen molar-refractivity contribution in [3.63, 3.8) is 0 Å². The highest BCUT2D eigenvalue weighted by molar-refractivity contribution is 5.88. The summed E-state index contributed by atoms with van der Waals surface area (Å²) in [4.78, 5) is 143. The van der Waals surface area contributed by atoms with Gasteiger partial charge in [-0.05, 0) is 293 Å². The smallest absolute Gasteiger partial charge is 0.321 e. The van der Waals surface area contributed by atoms with Crippen molar-refractivity contribution < 1.29 is 85.0 Å². The largest absolute Gasteiger partial charge is 0.380 e. The van der Waals surface area contributed by atoms with Crippen LogP contribution in [0.2, 0.25) is 0 Å². The SMILES string of the molecule is CC(C)CC(=O)CC1CCC1.CC(C)NC(=O)C(C)(C)C.CC(C)NC(=O)C(C)(F)F.CC(C)NC(=O)C(C)F.CC(C)NC(=O)C1(C)CCC1.CC(C)NC(=O)C1(F)CCCC1.CC(C)NC(=O)C1(O)CC1.CC(C)NC(=O)C1CC1.CC(C)NC(=O)C1CCC1.CC(C)NC(=O)C1CCCC1.CC(C)NC(=O)C1CCCC1.CC(C)NC(=O)CC(C)(C)C.CCC(=O)NC(C)C. The minimum absolute atomic E-state index is 0.0238. The number of hydrogen-bond donors (Lipinski definition) is 13. The van der Waals surface area contributed by atoms with E-state index in [0.717, 1.165) is 95.8 Å². The predicted molar refractivity (Wildman–Crippen MR) is 533 cm³/mol. The minimum atomic E-state index is -3.26. The summed E-state index contributed by atoms with van der Waals surface area (Å²) in [7, 11) is 0. The zero-order valence-corrected chi connectivity index (χ0v) is 90.2. The summed E-state index contributed by atoms with van der Waals surface area (Å²) < 4.78 is 49.8. The summed E-state index contributed by atoms with van der Waals surface area (Å²) in [6.07, 6.45) is 27.3. The Balaban J connectivity index is -0.000000445. The van der Waals surface area contributed by atoms with Gasteiger partial charge in [0.15, 0.2) is 11.8 Å². The highest BCUT2D eigenvalue weighted by Crippen LogP contribution is 2.41. The Hall–Kier alpha value is -7.01. The third-order valence-electron chi connectivity index (χ3n) is 20.8. The average molecular weight is 1900 g/mol. The fraction of sp³-hybridized carbons (Fsp3) is 0.874. The van der Waals surface area contributed by atoms with Crippen LogP contribution in [0.15, 0.2) is 0 Å². The van der Waals surface area contributed by atoms with Crippen molar-refractivity contribution in [3.8, 4) is 0 Å². The third-order valence-corrected chi connectivity index (χ3v) is 20.8. The van der Waals surface area contributed by atoms with Crippen molar-refractivity contribution in [2.24, 2.45) is 51.8 Å². The van der Waals surface area contributed by atoms with Gasteiger partial charge in [-0.2, -0.15) is 8.78 Å². The van der Waals surface area contributed by atoms with Gasteiger partial charge in [0.1, 0.15) is 11.4 Å². The zero-order valence-electron chi connectivity index (χ0n) is 90.2. The normalized spacial score (nSPS) is 16.8. The van der Waals surface area contributed by atoms with Crippen LogP contribution in [0.25, 0.3) is 0 Å². The molecule has 13 N–H and O–H groups in total. The lowest BCUT2D eigenvalue weighted by molar-refractivity contribution is -0.143. The lowest BCUT2D eigenvalue weighted by atomic mass is 9.70. The average Bonchev–Trinajstić information content (AvgIpc) is 1.70. The summed E-state index contributed by atoms with van der Waals surface area (Å²) in [5, 5.41) is 42.1. The molecule has 0 aliphatic heterocycles. The van der Waals surface area contributed by atoms with E-state index in [2.05, 4.69) is 98.4 Å². The van der Waals surface area contributed by atoms with Crippen molar-refractivity contribution in [1.82, 2.24) is 63.8 Å². The van der Waals surface area contributed by atoms with Gasteiger partial charge in [-0.25, -0.2) is 8.78 Å². The number of alkyl halides is 4. The quantitative estimate of drug-likeness (QED) is 0.0340. The fourth-order valence-corrected chi connectivity index (χ4v) is 12.8. The van der Waals surface area contributed by atoms with E-state index in [4.69, 9.17) is 0 Å². The van der Waals surface area contributed by atoms with Crippen LogP contribution >= 0.6 is 0 Å². The van der Waals surface area contributed by atoms with Crippen LogP contribution in [-0.2, 0) is 62.3 Å². The molecule has 1 unspecified atom stereocenters. The summed E-state index contributed by atoms with van der Waals surface area (Å²) in [5.41, 5.74) is -2.78. The number of amides is 12. The Kier molecular flexibility index (Phi) is 70.5. The van der Waals surface area contributed by atoms with Crippen molar-refractivity contribution in [2.75, 3.05) is 0 Å². The molecular formula is C103H198F4N12O14. The molecule has 0 spiro atoms. The first-order valence-corrected chi connectivity index (χ1v) is 50.4. The Bertz CT molecular complexity index is 3150. The van der Waals surface area contributed by atoms with Crippen LogP contribution in [0.3, 0.4) is 0 Å². The molecule has 26 nitrogen and oxygen atoms in total. The molecule has 1 atom stereocenters. The van der Waals surface area contributed by atoms with Gasteiger partial charge < -0.3 is 68.9 Å². The second kappa shape index (κ2) is 69.7. The van der Waals surface area contributed by atoms with E-state index in [1.54, 1.807) is 27.7 Å². The Morgan fingerprint density at radius 2 is 0.647 bits per heavy atom. The van der Waals surface area contributed by atoms with E-state index in [9.17, 15) is 85.0 Å². The van der Waals surface area contributed by atoms with Crippen LogP contribution in [0, 0.1) is 51.8 Å². The van der Waals surface area contributed by atoms with Gasteiger partial charge in [-0.15, -0.1) is 0 Å². The molecule has 133 heavy (non-hydrogen) atoms. The number of carbonyl (C=O) groups excluding carboxylic acids is 13. The third kappa shape index (κ3) is 76.7. The number of Topliss-reactive ketones (excluding diaryl/α,β-unsaturated/α-hetero) is 1. The molecule has 8 rings (SSSR count). The van der Waals surface area contributed by atoms with Crippen molar-refractivity contribution in [3.05, 3.63) is 0 Å². The summed E-state index contributed by atoms with van der Waals surface area (Å²) in [5.74, 6) is -0.928. The predicted octanol–water partition coefficient (Wildman–Crippen LogP) is 18.4. The second-order valence-electron chi connectivity index (χ2n) is 43.9. The number of hydrogen-bond acceptors (Lipinski definition) is 14. The molecule has 8 saturated carbocycles. The van der Waals surface area contributed by atoms with Crippen LogP contribution < -0.4 is 63.8 Å². The van der Waals surface area contributed by atoms with E-state index in [1.165, 1.54) is 64.7 Å². The lowest BCUT2D eigenvalue weighted by Gasteiger charge is -2.37. The van der Waals surface area contributed by atoms with Gasteiger partial charge in [0.25, 0.3) is 23.6 Å². The maximum absolute atomic E-state index is 13.7. The molecule has 8 fully saturated rings. The maximum Gasteiger partial charge on any atom is 0.321 e. The van der Waals surface area contributed by atoms with Crippen LogP contribution in [0.1, 0.15) is 435 Å². The lowest BCUT2D eigenvalue weighted by Crippen LogP contribution is -2.45. The molecule has 30 heteroatoms. The molecular weight excluding hydrogens is 1710 g/mol. The molecule has 782 valence electrons. The molecule has 8 aliphatic rings.